The van der Waals surface area contributed by atoms with Gasteiger partial charge in [-0.2, -0.15) is 4.31 Å². The lowest BCUT2D eigenvalue weighted by Crippen LogP contribution is -2.41. The van der Waals surface area contributed by atoms with Gasteiger partial charge in [0.1, 0.15) is 17.6 Å². The molecule has 0 amide bonds. The Morgan fingerprint density at radius 3 is 2.16 bits per heavy atom. The van der Waals surface area contributed by atoms with E-state index in [2.05, 4.69) is 0 Å². The van der Waals surface area contributed by atoms with Crippen molar-refractivity contribution in [3.05, 3.63) is 54.1 Å². The molecule has 6 heteroatoms. The predicted octanol–water partition coefficient (Wildman–Crippen LogP) is 3.24. The van der Waals surface area contributed by atoms with Crippen LogP contribution in [0.2, 0.25) is 0 Å². The van der Waals surface area contributed by atoms with Crippen LogP contribution in [0.1, 0.15) is 18.4 Å². The minimum Gasteiger partial charge on any atom is -0.497 e. The minimum atomic E-state index is -3.44. The lowest BCUT2D eigenvalue weighted by molar-refractivity contribution is 0.135. The van der Waals surface area contributed by atoms with Gasteiger partial charge in [-0.05, 0) is 55.7 Å². The van der Waals surface area contributed by atoms with Crippen LogP contribution in [-0.2, 0) is 10.0 Å². The highest BCUT2D eigenvalue weighted by molar-refractivity contribution is 7.89. The number of hydrogen-bond donors (Lipinski definition) is 0. The molecule has 2 aromatic rings. The van der Waals surface area contributed by atoms with Crippen molar-refractivity contribution in [2.45, 2.75) is 30.8 Å². The summed E-state index contributed by atoms with van der Waals surface area (Å²) < 4.78 is 38.3. The Balaban J connectivity index is 1.62. The second-order valence-electron chi connectivity index (χ2n) is 6.16. The molecule has 25 heavy (non-hydrogen) atoms. The fourth-order valence-electron chi connectivity index (χ4n) is 3.02. The van der Waals surface area contributed by atoms with E-state index in [1.165, 1.54) is 0 Å². The summed E-state index contributed by atoms with van der Waals surface area (Å²) in [6.45, 7) is 2.77. The third-order valence-corrected chi connectivity index (χ3v) is 6.53. The summed E-state index contributed by atoms with van der Waals surface area (Å²) in [5.74, 6) is 1.56. The summed E-state index contributed by atoms with van der Waals surface area (Å²) in [6, 6.07) is 14.6. The van der Waals surface area contributed by atoms with Gasteiger partial charge in [-0.15, -0.1) is 0 Å². The molecule has 1 heterocycles. The fraction of sp³-hybridized carbons (Fsp3) is 0.368. The first-order chi connectivity index (χ1) is 12.0. The Bertz CT molecular complexity index is 810. The van der Waals surface area contributed by atoms with Crippen LogP contribution < -0.4 is 9.47 Å². The van der Waals surface area contributed by atoms with E-state index in [0.29, 0.717) is 30.8 Å². The lowest BCUT2D eigenvalue weighted by atomic mass is 10.1. The first-order valence-corrected chi connectivity index (χ1v) is 9.81. The number of sulfonamides is 1. The van der Waals surface area contributed by atoms with E-state index in [0.717, 1.165) is 17.1 Å². The maximum absolute atomic E-state index is 12.8. The largest absolute Gasteiger partial charge is 0.497 e. The van der Waals surface area contributed by atoms with Gasteiger partial charge in [-0.3, -0.25) is 0 Å². The van der Waals surface area contributed by atoms with Gasteiger partial charge in [-0.25, -0.2) is 8.42 Å². The van der Waals surface area contributed by atoms with Gasteiger partial charge < -0.3 is 9.47 Å². The van der Waals surface area contributed by atoms with Crippen molar-refractivity contribution in [3.63, 3.8) is 0 Å². The molecule has 0 aromatic heterocycles. The molecule has 1 saturated heterocycles. The molecule has 1 aliphatic heterocycles. The van der Waals surface area contributed by atoms with Gasteiger partial charge in [0.2, 0.25) is 10.0 Å². The lowest BCUT2D eigenvalue weighted by Gasteiger charge is -2.31. The van der Waals surface area contributed by atoms with Crippen molar-refractivity contribution in [3.8, 4) is 11.5 Å². The molecule has 0 atom stereocenters. The summed E-state index contributed by atoms with van der Waals surface area (Å²) in [4.78, 5) is 0.393. The third kappa shape index (κ3) is 3.96. The van der Waals surface area contributed by atoms with Crippen LogP contribution in [0.25, 0.3) is 0 Å². The summed E-state index contributed by atoms with van der Waals surface area (Å²) in [6.07, 6.45) is 1.38. The van der Waals surface area contributed by atoms with Crippen molar-refractivity contribution < 1.29 is 17.9 Å². The highest BCUT2D eigenvalue weighted by Crippen LogP contribution is 2.26. The summed E-state index contributed by atoms with van der Waals surface area (Å²) >= 11 is 0. The number of ether oxygens (including phenoxy) is 2. The average molecular weight is 361 g/mol. The summed E-state index contributed by atoms with van der Waals surface area (Å²) in [5.41, 5.74) is 0.777. The number of nitrogens with zero attached hydrogens (tertiary/aromatic N) is 1. The van der Waals surface area contributed by atoms with Crippen molar-refractivity contribution >= 4 is 10.0 Å². The van der Waals surface area contributed by atoms with Gasteiger partial charge in [0.15, 0.2) is 0 Å². The molecule has 1 aliphatic rings. The Morgan fingerprint density at radius 1 is 0.960 bits per heavy atom. The monoisotopic (exact) mass is 361 g/mol. The maximum atomic E-state index is 12.8. The molecule has 0 bridgehead atoms. The Kier molecular flexibility index (Phi) is 5.30. The van der Waals surface area contributed by atoms with Crippen LogP contribution in [0.4, 0.5) is 0 Å². The zero-order valence-electron chi connectivity index (χ0n) is 14.5. The van der Waals surface area contributed by atoms with Gasteiger partial charge in [-0.1, -0.05) is 18.2 Å². The van der Waals surface area contributed by atoms with Gasteiger partial charge in [0, 0.05) is 13.1 Å². The zero-order valence-corrected chi connectivity index (χ0v) is 15.3. The smallest absolute Gasteiger partial charge is 0.243 e. The average Bonchev–Trinajstić information content (AvgIpc) is 2.63. The Morgan fingerprint density at radius 2 is 1.56 bits per heavy atom. The second-order valence-corrected chi connectivity index (χ2v) is 8.07. The number of aryl methyl sites for hydroxylation is 1. The molecule has 134 valence electrons. The van der Waals surface area contributed by atoms with E-state index in [4.69, 9.17) is 9.47 Å². The number of piperidine rings is 1. The number of hydrogen-bond acceptors (Lipinski definition) is 4. The van der Waals surface area contributed by atoms with E-state index in [9.17, 15) is 8.42 Å². The van der Waals surface area contributed by atoms with Gasteiger partial charge >= 0.3 is 0 Å². The molecule has 0 saturated carbocycles. The summed E-state index contributed by atoms with van der Waals surface area (Å²) in [5, 5.41) is 0. The van der Waals surface area contributed by atoms with Crippen LogP contribution in [-0.4, -0.2) is 39.0 Å². The number of benzene rings is 2. The van der Waals surface area contributed by atoms with E-state index in [1.807, 2.05) is 43.3 Å². The minimum absolute atomic E-state index is 0.0247. The molecule has 0 N–H and O–H groups in total. The molecular formula is C19H23NO4S. The third-order valence-electron chi connectivity index (χ3n) is 4.47. The fourth-order valence-corrected chi connectivity index (χ4v) is 4.72. The number of rotatable bonds is 5. The van der Waals surface area contributed by atoms with Crippen LogP contribution >= 0.6 is 0 Å². The molecule has 1 fully saturated rings. The van der Waals surface area contributed by atoms with Crippen molar-refractivity contribution in [2.24, 2.45) is 0 Å². The van der Waals surface area contributed by atoms with E-state index < -0.39 is 10.0 Å². The Hall–Kier alpha value is -2.05. The maximum Gasteiger partial charge on any atom is 0.243 e. The highest BCUT2D eigenvalue weighted by Gasteiger charge is 2.30. The second kappa shape index (κ2) is 7.45. The Labute approximate surface area is 149 Å². The van der Waals surface area contributed by atoms with Crippen LogP contribution in [0.15, 0.2) is 53.4 Å². The number of methoxy groups -OCH3 is 1. The first-order valence-electron chi connectivity index (χ1n) is 8.37. The molecule has 0 radical (unpaired) electrons. The zero-order chi connectivity index (χ0) is 17.9. The van der Waals surface area contributed by atoms with Crippen LogP contribution in [0, 0.1) is 6.92 Å². The van der Waals surface area contributed by atoms with Crippen LogP contribution in [0.3, 0.4) is 0 Å². The van der Waals surface area contributed by atoms with Crippen molar-refractivity contribution in [1.29, 1.82) is 0 Å². The van der Waals surface area contributed by atoms with Gasteiger partial charge in [0.05, 0.1) is 12.0 Å². The SMILES string of the molecule is COc1ccc(OC2CCN(S(=O)(=O)c3ccccc3C)CC2)cc1. The van der Waals surface area contributed by atoms with Crippen molar-refractivity contribution in [2.75, 3.05) is 20.2 Å². The van der Waals surface area contributed by atoms with Gasteiger partial charge in [0.25, 0.3) is 0 Å². The normalized spacial score (nSPS) is 16.6. The van der Waals surface area contributed by atoms with E-state index >= 15 is 0 Å². The molecule has 5 nitrogen and oxygen atoms in total. The topological polar surface area (TPSA) is 55.8 Å². The summed E-state index contributed by atoms with van der Waals surface area (Å²) in [7, 11) is -1.81. The highest BCUT2D eigenvalue weighted by atomic mass is 32.2. The van der Waals surface area contributed by atoms with Crippen molar-refractivity contribution in [1.82, 2.24) is 4.31 Å². The molecular weight excluding hydrogens is 338 g/mol. The standard InChI is InChI=1S/C19H23NO4S/c1-15-5-3-4-6-19(15)25(21,22)20-13-11-18(12-14-20)24-17-9-7-16(23-2)8-10-17/h3-10,18H,11-14H2,1-2H3. The van der Waals surface area contributed by atoms with Crippen LogP contribution in [0.5, 0.6) is 11.5 Å². The first kappa shape index (κ1) is 17.8. The van der Waals surface area contributed by atoms with E-state index in [1.54, 1.807) is 23.5 Å². The molecule has 0 aliphatic carbocycles. The molecule has 2 aromatic carbocycles. The quantitative estimate of drug-likeness (QED) is 0.820. The molecule has 3 rings (SSSR count). The van der Waals surface area contributed by atoms with E-state index in [-0.39, 0.29) is 6.10 Å². The predicted molar refractivity (Wildman–Crippen MR) is 96.6 cm³/mol. The molecule has 0 spiro atoms. The molecule has 0 unspecified atom stereocenters.